The highest BCUT2D eigenvalue weighted by Crippen LogP contribution is 2.28. The summed E-state index contributed by atoms with van der Waals surface area (Å²) >= 11 is 0. The molecule has 0 radical (unpaired) electrons. The highest BCUT2D eigenvalue weighted by molar-refractivity contribution is 5.93. The number of carbonyl (C=O) groups is 2. The number of nitrogens with one attached hydrogen (secondary N) is 1. The van der Waals surface area contributed by atoms with E-state index in [1.54, 1.807) is 0 Å². The molecule has 0 aliphatic carbocycles. The summed E-state index contributed by atoms with van der Waals surface area (Å²) in [5, 5.41) is 11.3. The molecule has 5 nitrogen and oxygen atoms in total. The lowest BCUT2D eigenvalue weighted by molar-refractivity contribution is -0.137. The van der Waals surface area contributed by atoms with E-state index >= 15 is 0 Å². The molecule has 0 aliphatic heterocycles. The maximum atomic E-state index is 11.7. The molecular formula is C14H20N2O3. The molecule has 0 fully saturated rings. The normalized spacial score (nSPS) is 10.3. The number of amides is 1. The maximum Gasteiger partial charge on any atom is 0.303 e. The van der Waals surface area contributed by atoms with Crippen LogP contribution in [0.1, 0.15) is 36.0 Å². The number of rotatable bonds is 5. The number of benzene rings is 1. The van der Waals surface area contributed by atoms with Crippen molar-refractivity contribution in [3.05, 3.63) is 22.8 Å². The molecule has 0 saturated heterocycles. The van der Waals surface area contributed by atoms with Crippen molar-refractivity contribution in [1.29, 1.82) is 0 Å². The lowest BCUT2D eigenvalue weighted by atomic mass is 10.0. The molecule has 0 spiro atoms. The molecule has 0 atom stereocenters. The van der Waals surface area contributed by atoms with Crippen molar-refractivity contribution in [2.24, 2.45) is 0 Å². The van der Waals surface area contributed by atoms with Gasteiger partial charge in [-0.25, -0.2) is 0 Å². The van der Waals surface area contributed by atoms with Gasteiger partial charge in [-0.05, 0) is 43.9 Å². The minimum atomic E-state index is -0.889. The number of anilines is 2. The Morgan fingerprint density at radius 1 is 1.21 bits per heavy atom. The fourth-order valence-electron chi connectivity index (χ4n) is 2.00. The van der Waals surface area contributed by atoms with Crippen LogP contribution < -0.4 is 11.1 Å². The molecule has 0 aromatic heterocycles. The second-order valence-electron chi connectivity index (χ2n) is 4.72. The van der Waals surface area contributed by atoms with E-state index in [4.69, 9.17) is 10.8 Å². The summed E-state index contributed by atoms with van der Waals surface area (Å²) in [6, 6.07) is 1.93. The molecule has 1 rings (SSSR count). The molecule has 1 amide bonds. The number of carboxylic acid groups (broad SMARTS) is 1. The largest absolute Gasteiger partial charge is 0.481 e. The van der Waals surface area contributed by atoms with Crippen LogP contribution in [0.2, 0.25) is 0 Å². The van der Waals surface area contributed by atoms with Gasteiger partial charge in [0.15, 0.2) is 0 Å². The zero-order chi connectivity index (χ0) is 14.6. The molecule has 5 heteroatoms. The quantitative estimate of drug-likeness (QED) is 0.712. The van der Waals surface area contributed by atoms with E-state index in [1.165, 1.54) is 0 Å². The zero-order valence-corrected chi connectivity index (χ0v) is 11.5. The Morgan fingerprint density at radius 3 is 2.42 bits per heavy atom. The van der Waals surface area contributed by atoms with Gasteiger partial charge in [-0.3, -0.25) is 9.59 Å². The van der Waals surface area contributed by atoms with Gasteiger partial charge >= 0.3 is 5.97 Å². The Hall–Kier alpha value is -2.04. The summed E-state index contributed by atoms with van der Waals surface area (Å²) < 4.78 is 0. The second-order valence-corrected chi connectivity index (χ2v) is 4.72. The predicted octanol–water partition coefficient (Wildman–Crippen LogP) is 2.39. The van der Waals surface area contributed by atoms with Crippen LogP contribution in [0.3, 0.4) is 0 Å². The standard InChI is InChI=1S/C14H20N2O3/c1-8-7-9(2)14(10(3)13(8)15)16-11(17)5-4-6-12(18)19/h7H,4-6,15H2,1-3H3,(H,16,17)(H,18,19). The Labute approximate surface area is 112 Å². The van der Waals surface area contributed by atoms with Crippen LogP contribution in [-0.2, 0) is 9.59 Å². The smallest absolute Gasteiger partial charge is 0.303 e. The average Bonchev–Trinajstić information content (AvgIpc) is 2.31. The van der Waals surface area contributed by atoms with Gasteiger partial charge in [0, 0.05) is 24.2 Å². The molecule has 1 aromatic rings. The van der Waals surface area contributed by atoms with Gasteiger partial charge in [-0.1, -0.05) is 6.07 Å². The monoisotopic (exact) mass is 264 g/mol. The van der Waals surface area contributed by atoms with Gasteiger partial charge in [-0.15, -0.1) is 0 Å². The lowest BCUT2D eigenvalue weighted by Gasteiger charge is -2.15. The highest BCUT2D eigenvalue weighted by atomic mass is 16.4. The molecular weight excluding hydrogens is 244 g/mol. The van der Waals surface area contributed by atoms with Crippen molar-refractivity contribution in [3.63, 3.8) is 0 Å². The fourth-order valence-corrected chi connectivity index (χ4v) is 2.00. The highest BCUT2D eigenvalue weighted by Gasteiger charge is 2.11. The summed E-state index contributed by atoms with van der Waals surface area (Å²) in [5.41, 5.74) is 10.1. The number of nitrogen functional groups attached to an aromatic ring is 1. The van der Waals surface area contributed by atoms with Crippen molar-refractivity contribution >= 4 is 23.3 Å². The average molecular weight is 264 g/mol. The summed E-state index contributed by atoms with van der Waals surface area (Å²) in [6.07, 6.45) is 0.529. The molecule has 0 unspecified atom stereocenters. The zero-order valence-electron chi connectivity index (χ0n) is 11.5. The summed E-state index contributed by atoms with van der Waals surface area (Å²) in [5.74, 6) is -1.07. The van der Waals surface area contributed by atoms with Crippen LogP contribution in [0.15, 0.2) is 6.07 Å². The van der Waals surface area contributed by atoms with Gasteiger partial charge in [0.2, 0.25) is 5.91 Å². The van der Waals surface area contributed by atoms with E-state index in [1.807, 2.05) is 26.8 Å². The third kappa shape index (κ3) is 3.98. The molecule has 0 aliphatic rings. The van der Waals surface area contributed by atoms with Gasteiger partial charge < -0.3 is 16.2 Å². The third-order valence-corrected chi connectivity index (χ3v) is 3.09. The van der Waals surface area contributed by atoms with E-state index in [0.29, 0.717) is 12.1 Å². The van der Waals surface area contributed by atoms with E-state index in [2.05, 4.69) is 5.32 Å². The summed E-state index contributed by atoms with van der Waals surface area (Å²) in [6.45, 7) is 5.70. The van der Waals surface area contributed by atoms with E-state index in [0.717, 1.165) is 22.4 Å². The van der Waals surface area contributed by atoms with Gasteiger partial charge in [-0.2, -0.15) is 0 Å². The van der Waals surface area contributed by atoms with Gasteiger partial charge in [0.1, 0.15) is 0 Å². The number of aryl methyl sites for hydroxylation is 2. The summed E-state index contributed by atoms with van der Waals surface area (Å²) in [7, 11) is 0. The Bertz CT molecular complexity index is 510. The number of aliphatic carboxylic acids is 1. The minimum Gasteiger partial charge on any atom is -0.481 e. The molecule has 0 bridgehead atoms. The summed E-state index contributed by atoms with van der Waals surface area (Å²) in [4.78, 5) is 22.1. The number of hydrogen-bond donors (Lipinski definition) is 3. The minimum absolute atomic E-state index is 0.00141. The first kappa shape index (κ1) is 15.0. The first-order valence-electron chi connectivity index (χ1n) is 6.20. The van der Waals surface area contributed by atoms with Crippen molar-refractivity contribution in [1.82, 2.24) is 0 Å². The Kier molecular flexibility index (Phi) is 4.92. The van der Waals surface area contributed by atoms with Crippen LogP contribution in [-0.4, -0.2) is 17.0 Å². The van der Waals surface area contributed by atoms with Crippen molar-refractivity contribution < 1.29 is 14.7 Å². The number of nitrogens with two attached hydrogens (primary N) is 1. The van der Waals surface area contributed by atoms with E-state index in [9.17, 15) is 9.59 Å². The van der Waals surface area contributed by atoms with Crippen LogP contribution in [0, 0.1) is 20.8 Å². The van der Waals surface area contributed by atoms with E-state index in [-0.39, 0.29) is 18.7 Å². The molecule has 1 aromatic carbocycles. The molecule has 104 valence electrons. The van der Waals surface area contributed by atoms with E-state index < -0.39 is 5.97 Å². The van der Waals surface area contributed by atoms with Crippen LogP contribution in [0.4, 0.5) is 11.4 Å². The van der Waals surface area contributed by atoms with Crippen LogP contribution >= 0.6 is 0 Å². The molecule has 0 saturated carbocycles. The first-order valence-corrected chi connectivity index (χ1v) is 6.20. The molecule has 4 N–H and O–H groups in total. The first-order chi connectivity index (χ1) is 8.82. The number of carboxylic acids is 1. The van der Waals surface area contributed by atoms with Crippen molar-refractivity contribution in [2.75, 3.05) is 11.1 Å². The topological polar surface area (TPSA) is 92.4 Å². The second kappa shape index (κ2) is 6.22. The third-order valence-electron chi connectivity index (χ3n) is 3.09. The number of carbonyl (C=O) groups excluding carboxylic acids is 1. The van der Waals surface area contributed by atoms with Crippen LogP contribution in [0.5, 0.6) is 0 Å². The maximum absolute atomic E-state index is 11.7. The van der Waals surface area contributed by atoms with Gasteiger partial charge in [0.25, 0.3) is 0 Å². The molecule has 19 heavy (non-hydrogen) atoms. The Balaban J connectivity index is 2.74. The predicted molar refractivity (Wildman–Crippen MR) is 75.2 cm³/mol. The SMILES string of the molecule is Cc1cc(C)c(NC(=O)CCCC(=O)O)c(C)c1N. The van der Waals surface area contributed by atoms with Gasteiger partial charge in [0.05, 0.1) is 0 Å². The lowest BCUT2D eigenvalue weighted by Crippen LogP contribution is -2.14. The number of hydrogen-bond acceptors (Lipinski definition) is 3. The van der Waals surface area contributed by atoms with Crippen molar-refractivity contribution in [3.8, 4) is 0 Å². The molecule has 0 heterocycles. The Morgan fingerprint density at radius 2 is 1.84 bits per heavy atom. The van der Waals surface area contributed by atoms with Crippen molar-refractivity contribution in [2.45, 2.75) is 40.0 Å². The fraction of sp³-hybridized carbons (Fsp3) is 0.429. The van der Waals surface area contributed by atoms with Crippen LogP contribution in [0.25, 0.3) is 0 Å².